The van der Waals surface area contributed by atoms with Crippen molar-refractivity contribution in [2.75, 3.05) is 19.5 Å². The van der Waals surface area contributed by atoms with Gasteiger partial charge in [0.2, 0.25) is 0 Å². The molecule has 0 saturated carbocycles. The first-order valence-corrected chi connectivity index (χ1v) is 7.90. The predicted octanol–water partition coefficient (Wildman–Crippen LogP) is 1.90. The van der Waals surface area contributed by atoms with Crippen LogP contribution in [0.25, 0.3) is 0 Å². The van der Waals surface area contributed by atoms with E-state index in [-0.39, 0.29) is 13.2 Å². The largest absolute Gasteiger partial charge is 0.343 e. The average Bonchev–Trinajstić information content (AvgIpc) is 2.70. The summed E-state index contributed by atoms with van der Waals surface area (Å²) in [5.74, 6) is -0.907. The van der Waals surface area contributed by atoms with Crippen LogP contribution in [0, 0.1) is 0 Å². The fourth-order valence-corrected chi connectivity index (χ4v) is 2.35. The van der Waals surface area contributed by atoms with E-state index in [4.69, 9.17) is 25.3 Å². The molecule has 1 aromatic rings. The van der Waals surface area contributed by atoms with Crippen LogP contribution in [0.5, 0.6) is 0 Å². The minimum absolute atomic E-state index is 0.0536. The highest BCUT2D eigenvalue weighted by Crippen LogP contribution is 2.34. The molecular weight excluding hydrogens is 292 g/mol. The Balaban J connectivity index is 2.02. The first kappa shape index (κ1) is 14.7. The zero-order valence-electron chi connectivity index (χ0n) is 10.6. The van der Waals surface area contributed by atoms with Crippen LogP contribution in [0.3, 0.4) is 0 Å². The molecule has 0 radical (unpaired) electrons. The Labute approximate surface area is 117 Å². The van der Waals surface area contributed by atoms with Gasteiger partial charge in [0, 0.05) is 10.6 Å². The van der Waals surface area contributed by atoms with Crippen molar-refractivity contribution in [2.24, 2.45) is 0 Å². The summed E-state index contributed by atoms with van der Waals surface area (Å²) in [5, 5.41) is 0.627. The highest BCUT2D eigenvalue weighted by Gasteiger charge is 2.39. The molecule has 0 bridgehead atoms. The Morgan fingerprint density at radius 3 is 2.63 bits per heavy atom. The van der Waals surface area contributed by atoms with Crippen LogP contribution in [-0.4, -0.2) is 34.0 Å². The van der Waals surface area contributed by atoms with Gasteiger partial charge in [-0.05, 0) is 19.1 Å². The van der Waals surface area contributed by atoms with Gasteiger partial charge in [-0.3, -0.25) is 4.18 Å². The van der Waals surface area contributed by atoms with E-state index in [1.54, 1.807) is 19.1 Å². The summed E-state index contributed by atoms with van der Waals surface area (Å²) in [5.41, 5.74) is 0.818. The predicted molar refractivity (Wildman–Crippen MR) is 70.4 cm³/mol. The highest BCUT2D eigenvalue weighted by atomic mass is 35.5. The molecule has 106 valence electrons. The summed E-state index contributed by atoms with van der Waals surface area (Å²) in [7, 11) is -3.47. The van der Waals surface area contributed by atoms with Crippen LogP contribution in [-0.2, 0) is 29.6 Å². The SMILES string of the molecule is C[C@@]1(c2ccc(Cl)cc2)OC[C@@H](COS(C)(=O)=O)O1. The van der Waals surface area contributed by atoms with E-state index in [1.807, 2.05) is 12.1 Å². The van der Waals surface area contributed by atoms with Gasteiger partial charge in [-0.1, -0.05) is 23.7 Å². The molecular formula is C12H15ClO5S. The van der Waals surface area contributed by atoms with Crippen molar-refractivity contribution < 1.29 is 22.1 Å². The standard InChI is InChI=1S/C12H15ClO5S/c1-12(9-3-5-10(13)6-4-9)16-7-11(18-12)8-17-19(2,14)15/h3-6,11H,7-8H2,1-2H3/t11-,12+/m0/s1. The zero-order chi connectivity index (χ0) is 14.1. The summed E-state index contributed by atoms with van der Waals surface area (Å²) in [6.45, 7) is 1.99. The molecule has 0 spiro atoms. The third-order valence-electron chi connectivity index (χ3n) is 2.77. The average molecular weight is 307 g/mol. The summed E-state index contributed by atoms with van der Waals surface area (Å²) in [6, 6.07) is 7.11. The summed E-state index contributed by atoms with van der Waals surface area (Å²) < 4.78 is 37.9. The minimum atomic E-state index is -3.47. The van der Waals surface area contributed by atoms with E-state index in [0.29, 0.717) is 5.02 Å². The molecule has 0 aromatic heterocycles. The molecule has 2 atom stereocenters. The molecule has 0 N–H and O–H groups in total. The summed E-state index contributed by atoms with van der Waals surface area (Å²) >= 11 is 5.82. The third-order valence-corrected chi connectivity index (χ3v) is 3.59. The van der Waals surface area contributed by atoms with Crippen molar-refractivity contribution in [3.05, 3.63) is 34.9 Å². The van der Waals surface area contributed by atoms with Gasteiger partial charge >= 0.3 is 0 Å². The molecule has 0 amide bonds. The lowest BCUT2D eigenvalue weighted by molar-refractivity contribution is -0.164. The number of halogens is 1. The van der Waals surface area contributed by atoms with Crippen LogP contribution < -0.4 is 0 Å². The maximum absolute atomic E-state index is 10.9. The minimum Gasteiger partial charge on any atom is -0.343 e. The molecule has 5 nitrogen and oxygen atoms in total. The monoisotopic (exact) mass is 306 g/mol. The van der Waals surface area contributed by atoms with Crippen molar-refractivity contribution in [1.29, 1.82) is 0 Å². The van der Waals surface area contributed by atoms with E-state index in [1.165, 1.54) is 0 Å². The topological polar surface area (TPSA) is 61.8 Å². The van der Waals surface area contributed by atoms with Gasteiger partial charge in [0.15, 0.2) is 5.79 Å². The summed E-state index contributed by atoms with van der Waals surface area (Å²) in [4.78, 5) is 0. The molecule has 1 aromatic carbocycles. The van der Waals surface area contributed by atoms with Crippen molar-refractivity contribution in [3.63, 3.8) is 0 Å². The van der Waals surface area contributed by atoms with E-state index < -0.39 is 22.0 Å². The number of hydrogen-bond acceptors (Lipinski definition) is 5. The Bertz CT molecular complexity index is 542. The number of hydrogen-bond donors (Lipinski definition) is 0. The van der Waals surface area contributed by atoms with Gasteiger partial charge in [0.1, 0.15) is 6.10 Å². The number of benzene rings is 1. The van der Waals surface area contributed by atoms with Crippen LogP contribution in [0.4, 0.5) is 0 Å². The molecule has 0 aliphatic carbocycles. The fraction of sp³-hybridized carbons (Fsp3) is 0.500. The van der Waals surface area contributed by atoms with Crippen molar-refractivity contribution in [3.8, 4) is 0 Å². The van der Waals surface area contributed by atoms with Crippen LogP contribution in [0.1, 0.15) is 12.5 Å². The van der Waals surface area contributed by atoms with Gasteiger partial charge < -0.3 is 9.47 Å². The molecule has 19 heavy (non-hydrogen) atoms. The normalized spacial score (nSPS) is 27.6. The first-order chi connectivity index (χ1) is 8.78. The van der Waals surface area contributed by atoms with Crippen LogP contribution in [0.15, 0.2) is 24.3 Å². The van der Waals surface area contributed by atoms with Gasteiger partial charge in [0.25, 0.3) is 10.1 Å². The maximum atomic E-state index is 10.9. The first-order valence-electron chi connectivity index (χ1n) is 5.71. The number of rotatable bonds is 4. The maximum Gasteiger partial charge on any atom is 0.264 e. The van der Waals surface area contributed by atoms with E-state index >= 15 is 0 Å². The molecule has 2 rings (SSSR count). The van der Waals surface area contributed by atoms with Crippen LogP contribution >= 0.6 is 11.6 Å². The molecule has 1 fully saturated rings. The lowest BCUT2D eigenvalue weighted by atomic mass is 10.1. The molecule has 1 aliphatic rings. The van der Waals surface area contributed by atoms with Gasteiger partial charge in [-0.2, -0.15) is 8.42 Å². The Hall–Kier alpha value is -0.660. The zero-order valence-corrected chi connectivity index (χ0v) is 12.2. The van der Waals surface area contributed by atoms with Crippen LogP contribution in [0.2, 0.25) is 5.02 Å². The van der Waals surface area contributed by atoms with Gasteiger partial charge in [-0.15, -0.1) is 0 Å². The second-order valence-corrected chi connectivity index (χ2v) is 6.57. The van der Waals surface area contributed by atoms with Gasteiger partial charge in [0.05, 0.1) is 19.5 Å². The summed E-state index contributed by atoms with van der Waals surface area (Å²) in [6.07, 6.45) is 0.580. The van der Waals surface area contributed by atoms with Crippen molar-refractivity contribution in [1.82, 2.24) is 0 Å². The smallest absolute Gasteiger partial charge is 0.264 e. The molecule has 1 saturated heterocycles. The molecule has 7 heteroatoms. The van der Waals surface area contributed by atoms with Gasteiger partial charge in [-0.25, -0.2) is 0 Å². The Kier molecular flexibility index (Phi) is 4.17. The molecule has 1 aliphatic heterocycles. The van der Waals surface area contributed by atoms with E-state index in [2.05, 4.69) is 0 Å². The fourth-order valence-electron chi connectivity index (χ4n) is 1.82. The highest BCUT2D eigenvalue weighted by molar-refractivity contribution is 7.85. The third kappa shape index (κ3) is 3.90. The lowest BCUT2D eigenvalue weighted by Gasteiger charge is -2.23. The van der Waals surface area contributed by atoms with E-state index in [9.17, 15) is 8.42 Å². The lowest BCUT2D eigenvalue weighted by Crippen LogP contribution is -2.26. The second kappa shape index (κ2) is 5.38. The Morgan fingerprint density at radius 2 is 2.05 bits per heavy atom. The van der Waals surface area contributed by atoms with Crippen molar-refractivity contribution in [2.45, 2.75) is 18.8 Å². The van der Waals surface area contributed by atoms with Crippen molar-refractivity contribution >= 4 is 21.7 Å². The second-order valence-electron chi connectivity index (χ2n) is 4.49. The molecule has 0 unspecified atom stereocenters. The quantitative estimate of drug-likeness (QED) is 0.795. The number of ether oxygens (including phenoxy) is 2. The van der Waals surface area contributed by atoms with E-state index in [0.717, 1.165) is 11.8 Å². The molecule has 1 heterocycles. The Morgan fingerprint density at radius 1 is 1.42 bits per heavy atom.